The van der Waals surface area contributed by atoms with Gasteiger partial charge in [-0.2, -0.15) is 8.42 Å². The van der Waals surface area contributed by atoms with E-state index in [1.54, 1.807) is 54.6 Å². The molecule has 0 fully saturated rings. The minimum absolute atomic E-state index is 0.00464. The Balaban J connectivity index is 1.52. The van der Waals surface area contributed by atoms with Gasteiger partial charge in [0.05, 0.1) is 5.56 Å². The Hall–Kier alpha value is -2.96. The van der Waals surface area contributed by atoms with E-state index in [4.69, 9.17) is 4.18 Å². The van der Waals surface area contributed by atoms with Crippen LogP contribution in [0.4, 0.5) is 0 Å². The van der Waals surface area contributed by atoms with E-state index in [9.17, 15) is 18.3 Å². The van der Waals surface area contributed by atoms with Gasteiger partial charge in [0.15, 0.2) is 11.5 Å². The average Bonchev–Trinajstić information content (AvgIpc) is 2.94. The van der Waals surface area contributed by atoms with Crippen LogP contribution in [0.1, 0.15) is 98.7 Å². The molecule has 0 aliphatic carbocycles. The minimum Gasteiger partial charge on any atom is -0.380 e. The molecular formula is C32H40O5S. The molecule has 3 aromatic carbocycles. The topological polar surface area (TPSA) is 80.7 Å². The largest absolute Gasteiger partial charge is 0.380 e. The number of aliphatic hydroxyl groups is 1. The molecule has 0 spiro atoms. The molecule has 3 aromatic rings. The molecule has 38 heavy (non-hydrogen) atoms. The van der Waals surface area contributed by atoms with Gasteiger partial charge < -0.3 is 9.29 Å². The fraction of sp³-hybridized carbons (Fsp3) is 0.406. The van der Waals surface area contributed by atoms with Gasteiger partial charge in [-0.25, -0.2) is 0 Å². The summed E-state index contributed by atoms with van der Waals surface area (Å²) in [4.78, 5) is 13.0. The first kappa shape index (κ1) is 29.6. The number of aliphatic hydroxyl groups excluding tert-OH is 1. The van der Waals surface area contributed by atoms with Crippen molar-refractivity contribution in [1.82, 2.24) is 0 Å². The summed E-state index contributed by atoms with van der Waals surface area (Å²) in [6.45, 7) is 2.24. The Labute approximate surface area is 228 Å². The van der Waals surface area contributed by atoms with Crippen LogP contribution < -0.4 is 4.18 Å². The zero-order chi connectivity index (χ0) is 27.2. The summed E-state index contributed by atoms with van der Waals surface area (Å²) in [6, 6.07) is 21.3. The summed E-state index contributed by atoms with van der Waals surface area (Å²) in [5, 5.41) is 10.5. The summed E-state index contributed by atoms with van der Waals surface area (Å²) >= 11 is 0. The van der Waals surface area contributed by atoms with Gasteiger partial charge in [0.1, 0.15) is 11.0 Å². The molecule has 1 atom stereocenters. The van der Waals surface area contributed by atoms with Crippen molar-refractivity contribution in [2.75, 3.05) is 0 Å². The Morgan fingerprint density at radius 2 is 1.29 bits per heavy atom. The molecular weight excluding hydrogens is 496 g/mol. The maximum absolute atomic E-state index is 13.0. The summed E-state index contributed by atoms with van der Waals surface area (Å²) in [7, 11) is -4.15. The zero-order valence-electron chi connectivity index (χ0n) is 22.3. The lowest BCUT2D eigenvalue weighted by atomic mass is 9.99. The summed E-state index contributed by atoms with van der Waals surface area (Å²) in [6.07, 6.45) is 12.3. The van der Waals surface area contributed by atoms with E-state index in [2.05, 4.69) is 6.92 Å². The van der Waals surface area contributed by atoms with E-state index in [0.717, 1.165) is 18.4 Å². The van der Waals surface area contributed by atoms with Gasteiger partial charge in [0.2, 0.25) is 0 Å². The smallest absolute Gasteiger partial charge is 0.339 e. The van der Waals surface area contributed by atoms with E-state index in [1.165, 1.54) is 69.9 Å². The molecule has 0 bridgehead atoms. The number of ketones is 1. The zero-order valence-corrected chi connectivity index (χ0v) is 23.2. The predicted octanol–water partition coefficient (Wildman–Crippen LogP) is 7.83. The van der Waals surface area contributed by atoms with Gasteiger partial charge in [0, 0.05) is 0 Å². The Kier molecular flexibility index (Phi) is 12.0. The average molecular weight is 537 g/mol. The summed E-state index contributed by atoms with van der Waals surface area (Å²) in [5.74, 6) is -0.740. The van der Waals surface area contributed by atoms with Crippen LogP contribution in [0.15, 0.2) is 83.8 Å². The number of para-hydroxylation sites is 1. The third-order valence-electron chi connectivity index (χ3n) is 6.75. The fourth-order valence-electron chi connectivity index (χ4n) is 4.48. The molecule has 6 heteroatoms. The summed E-state index contributed by atoms with van der Waals surface area (Å²) in [5.41, 5.74) is 1.52. The van der Waals surface area contributed by atoms with Crippen molar-refractivity contribution in [3.63, 3.8) is 0 Å². The van der Waals surface area contributed by atoms with Crippen LogP contribution in [-0.4, -0.2) is 19.3 Å². The molecule has 0 aromatic heterocycles. The normalized spacial score (nSPS) is 12.3. The highest BCUT2D eigenvalue weighted by molar-refractivity contribution is 7.87. The molecule has 0 aliphatic heterocycles. The van der Waals surface area contributed by atoms with Gasteiger partial charge in [-0.15, -0.1) is 0 Å². The van der Waals surface area contributed by atoms with Crippen molar-refractivity contribution in [2.45, 2.75) is 88.6 Å². The molecule has 5 nitrogen and oxygen atoms in total. The quantitative estimate of drug-likeness (QED) is 0.108. The lowest BCUT2D eigenvalue weighted by Crippen LogP contribution is -2.16. The van der Waals surface area contributed by atoms with Crippen molar-refractivity contribution in [2.24, 2.45) is 0 Å². The number of carbonyl (C=O) groups is 1. The monoisotopic (exact) mass is 536 g/mol. The van der Waals surface area contributed by atoms with Crippen molar-refractivity contribution in [1.29, 1.82) is 0 Å². The molecule has 0 heterocycles. The number of carbonyl (C=O) groups excluding carboxylic acids is 1. The SMILES string of the molecule is CCCCCCCCCCCCc1ccc(S(=O)(=O)Oc2ccccc2C(=O)C(O)c2ccccc2)cc1. The Bertz CT molecular complexity index is 1220. The number of hydrogen-bond acceptors (Lipinski definition) is 5. The van der Waals surface area contributed by atoms with E-state index in [1.807, 2.05) is 12.1 Å². The van der Waals surface area contributed by atoms with Crippen molar-refractivity contribution in [3.05, 3.63) is 95.6 Å². The number of aryl methyl sites for hydroxylation is 1. The van der Waals surface area contributed by atoms with Crippen molar-refractivity contribution in [3.8, 4) is 5.75 Å². The van der Waals surface area contributed by atoms with Crippen LogP contribution in [0, 0.1) is 0 Å². The third-order valence-corrected chi connectivity index (χ3v) is 8.00. The number of hydrogen-bond donors (Lipinski definition) is 1. The van der Waals surface area contributed by atoms with Gasteiger partial charge >= 0.3 is 10.1 Å². The minimum atomic E-state index is -4.15. The van der Waals surface area contributed by atoms with Gasteiger partial charge in [0.25, 0.3) is 0 Å². The van der Waals surface area contributed by atoms with Crippen LogP contribution in [0.5, 0.6) is 5.75 Å². The highest BCUT2D eigenvalue weighted by Crippen LogP contribution is 2.28. The highest BCUT2D eigenvalue weighted by atomic mass is 32.2. The Morgan fingerprint density at radius 3 is 1.92 bits per heavy atom. The van der Waals surface area contributed by atoms with Gasteiger partial charge in [-0.05, 0) is 48.2 Å². The lowest BCUT2D eigenvalue weighted by molar-refractivity contribution is 0.0746. The first-order valence-corrected chi connectivity index (χ1v) is 15.2. The second-order valence-electron chi connectivity index (χ2n) is 9.79. The molecule has 1 unspecified atom stereocenters. The van der Waals surface area contributed by atoms with Crippen LogP contribution in [-0.2, 0) is 16.5 Å². The number of unbranched alkanes of at least 4 members (excludes halogenated alkanes) is 9. The standard InChI is InChI=1S/C32H40O5S/c1-2-3-4-5-6-7-8-9-10-12-17-26-22-24-28(25-23-26)38(35,36)37-30-21-16-15-20-29(30)32(34)31(33)27-18-13-11-14-19-27/h11,13-16,18-25,31,33H,2-10,12,17H2,1H3. The second kappa shape index (κ2) is 15.5. The molecule has 0 radical (unpaired) electrons. The lowest BCUT2D eigenvalue weighted by Gasteiger charge is -2.14. The van der Waals surface area contributed by atoms with E-state index in [0.29, 0.717) is 5.56 Å². The second-order valence-corrected chi connectivity index (χ2v) is 11.3. The molecule has 0 saturated carbocycles. The van der Waals surface area contributed by atoms with Crippen LogP contribution in [0.3, 0.4) is 0 Å². The predicted molar refractivity (Wildman–Crippen MR) is 152 cm³/mol. The van der Waals surface area contributed by atoms with Gasteiger partial charge in [-0.3, -0.25) is 4.79 Å². The molecule has 3 rings (SSSR count). The van der Waals surface area contributed by atoms with Crippen molar-refractivity contribution >= 4 is 15.9 Å². The molecule has 0 amide bonds. The molecule has 0 aliphatic rings. The first-order valence-electron chi connectivity index (χ1n) is 13.8. The van der Waals surface area contributed by atoms with Crippen LogP contribution in [0.2, 0.25) is 0 Å². The Morgan fingerprint density at radius 1 is 0.737 bits per heavy atom. The summed E-state index contributed by atoms with van der Waals surface area (Å²) < 4.78 is 31.3. The number of Topliss-reactive ketones (excluding diaryl/α,β-unsaturated/α-hetero) is 1. The number of rotatable bonds is 17. The van der Waals surface area contributed by atoms with Crippen LogP contribution >= 0.6 is 0 Å². The van der Waals surface area contributed by atoms with E-state index >= 15 is 0 Å². The maximum atomic E-state index is 13.0. The van der Waals surface area contributed by atoms with Gasteiger partial charge in [-0.1, -0.05) is 119 Å². The maximum Gasteiger partial charge on any atom is 0.339 e. The van der Waals surface area contributed by atoms with Crippen molar-refractivity contribution < 1.29 is 22.5 Å². The highest BCUT2D eigenvalue weighted by Gasteiger charge is 2.25. The first-order chi connectivity index (χ1) is 18.4. The molecule has 0 saturated heterocycles. The van der Waals surface area contributed by atoms with E-state index < -0.39 is 22.0 Å². The fourth-order valence-corrected chi connectivity index (χ4v) is 5.43. The van der Waals surface area contributed by atoms with E-state index in [-0.39, 0.29) is 16.2 Å². The number of benzene rings is 3. The van der Waals surface area contributed by atoms with Crippen LogP contribution in [0.25, 0.3) is 0 Å². The molecule has 204 valence electrons. The third kappa shape index (κ3) is 9.10. The molecule has 1 N–H and O–H groups in total.